The molecule has 0 spiro atoms. The van der Waals surface area contributed by atoms with Crippen LogP contribution in [0.5, 0.6) is 0 Å². The van der Waals surface area contributed by atoms with E-state index in [1.165, 1.54) is 0 Å². The largest absolute Gasteiger partial charge is 0.402 e. The van der Waals surface area contributed by atoms with Crippen LogP contribution in [-0.4, -0.2) is 16.9 Å². The zero-order chi connectivity index (χ0) is 13.9. The number of esters is 1. The SMILES string of the molecule is Cc1cccc(C2=N/C(=C/c3ccccn3)C(=O)O2)c1. The van der Waals surface area contributed by atoms with Crippen LogP contribution in [0, 0.1) is 6.92 Å². The number of cyclic esters (lactones) is 1. The number of ether oxygens (including phenoxy) is 1. The van der Waals surface area contributed by atoms with E-state index >= 15 is 0 Å². The number of hydrogen-bond donors (Lipinski definition) is 0. The molecule has 0 amide bonds. The van der Waals surface area contributed by atoms with Crippen LogP contribution in [0.1, 0.15) is 16.8 Å². The standard InChI is InChI=1S/C16H12N2O2/c1-11-5-4-6-12(9-11)15-18-14(16(19)20-15)10-13-7-2-3-8-17-13/h2-10H,1H3/b14-10+. The molecule has 0 bridgehead atoms. The highest BCUT2D eigenvalue weighted by molar-refractivity contribution is 6.12. The molecule has 20 heavy (non-hydrogen) atoms. The van der Waals surface area contributed by atoms with E-state index in [1.807, 2.05) is 43.3 Å². The lowest BCUT2D eigenvalue weighted by atomic mass is 10.1. The highest BCUT2D eigenvalue weighted by Gasteiger charge is 2.24. The van der Waals surface area contributed by atoms with Gasteiger partial charge in [-0.3, -0.25) is 4.98 Å². The molecule has 0 atom stereocenters. The normalized spacial score (nSPS) is 16.1. The van der Waals surface area contributed by atoms with Crippen LogP contribution in [0.25, 0.3) is 6.08 Å². The Morgan fingerprint density at radius 1 is 1.15 bits per heavy atom. The Bertz CT molecular complexity index is 718. The number of rotatable bonds is 2. The number of nitrogens with zero attached hydrogens (tertiary/aromatic N) is 2. The van der Waals surface area contributed by atoms with Gasteiger partial charge in [0.15, 0.2) is 5.70 Å². The van der Waals surface area contributed by atoms with Crippen LogP contribution < -0.4 is 0 Å². The summed E-state index contributed by atoms with van der Waals surface area (Å²) in [6.45, 7) is 1.98. The first kappa shape index (κ1) is 12.3. The van der Waals surface area contributed by atoms with Crippen molar-refractivity contribution < 1.29 is 9.53 Å². The average molecular weight is 264 g/mol. The fraction of sp³-hybridized carbons (Fsp3) is 0.0625. The maximum absolute atomic E-state index is 11.8. The van der Waals surface area contributed by atoms with E-state index in [0.29, 0.717) is 11.6 Å². The molecule has 3 rings (SSSR count). The molecule has 2 aromatic rings. The van der Waals surface area contributed by atoms with Gasteiger partial charge in [0, 0.05) is 11.8 Å². The third kappa shape index (κ3) is 2.49. The van der Waals surface area contributed by atoms with Gasteiger partial charge in [0.05, 0.1) is 5.69 Å². The second-order valence-electron chi connectivity index (χ2n) is 4.46. The van der Waals surface area contributed by atoms with Crippen LogP contribution >= 0.6 is 0 Å². The average Bonchev–Trinajstić information content (AvgIpc) is 2.81. The Labute approximate surface area is 116 Å². The molecule has 0 saturated carbocycles. The Kier molecular flexibility index (Phi) is 3.13. The van der Waals surface area contributed by atoms with E-state index in [1.54, 1.807) is 18.3 Å². The minimum Gasteiger partial charge on any atom is -0.402 e. The summed E-state index contributed by atoms with van der Waals surface area (Å²) in [5.41, 5.74) is 2.82. The highest BCUT2D eigenvalue weighted by atomic mass is 16.6. The van der Waals surface area contributed by atoms with Crippen LogP contribution in [0.3, 0.4) is 0 Å². The number of carbonyl (C=O) groups is 1. The van der Waals surface area contributed by atoms with Crippen molar-refractivity contribution in [3.05, 3.63) is 71.2 Å². The van der Waals surface area contributed by atoms with Gasteiger partial charge in [0.1, 0.15) is 0 Å². The minimum absolute atomic E-state index is 0.264. The summed E-state index contributed by atoms with van der Waals surface area (Å²) < 4.78 is 5.20. The van der Waals surface area contributed by atoms with Gasteiger partial charge in [0.2, 0.25) is 5.90 Å². The molecule has 4 nitrogen and oxygen atoms in total. The molecular formula is C16H12N2O2. The van der Waals surface area contributed by atoms with Gasteiger partial charge in [-0.2, -0.15) is 0 Å². The maximum atomic E-state index is 11.8. The van der Waals surface area contributed by atoms with Crippen LogP contribution in [0.15, 0.2) is 59.4 Å². The molecule has 0 aliphatic carbocycles. The monoisotopic (exact) mass is 264 g/mol. The number of hydrogen-bond acceptors (Lipinski definition) is 4. The topological polar surface area (TPSA) is 51.5 Å². The van der Waals surface area contributed by atoms with Gasteiger partial charge >= 0.3 is 5.97 Å². The molecule has 0 N–H and O–H groups in total. The molecule has 0 saturated heterocycles. The Balaban J connectivity index is 1.95. The summed E-state index contributed by atoms with van der Waals surface area (Å²) in [5.74, 6) is -0.118. The van der Waals surface area contributed by atoms with Gasteiger partial charge < -0.3 is 4.74 Å². The molecule has 2 heterocycles. The van der Waals surface area contributed by atoms with Crippen molar-refractivity contribution in [1.82, 2.24) is 4.98 Å². The van der Waals surface area contributed by atoms with E-state index in [9.17, 15) is 4.79 Å². The molecule has 4 heteroatoms. The van der Waals surface area contributed by atoms with Gasteiger partial charge in [-0.15, -0.1) is 0 Å². The smallest absolute Gasteiger partial charge is 0.363 e. The van der Waals surface area contributed by atoms with Crippen molar-refractivity contribution in [3.63, 3.8) is 0 Å². The first-order valence-electron chi connectivity index (χ1n) is 6.23. The number of pyridine rings is 1. The molecule has 1 aliphatic rings. The molecule has 1 aromatic carbocycles. The fourth-order valence-electron chi connectivity index (χ4n) is 1.91. The first-order valence-corrected chi connectivity index (χ1v) is 6.23. The fourth-order valence-corrected chi connectivity index (χ4v) is 1.91. The number of benzene rings is 1. The number of aliphatic imine (C=N–C) groups is 1. The summed E-state index contributed by atoms with van der Waals surface area (Å²) in [6, 6.07) is 13.1. The van der Waals surface area contributed by atoms with Crippen molar-refractivity contribution in [2.24, 2.45) is 4.99 Å². The number of carbonyl (C=O) groups excluding carboxylic acids is 1. The zero-order valence-electron chi connectivity index (χ0n) is 10.9. The molecule has 0 radical (unpaired) electrons. The number of aryl methyl sites for hydroxylation is 1. The Morgan fingerprint density at radius 2 is 2.05 bits per heavy atom. The summed E-state index contributed by atoms with van der Waals surface area (Å²) in [4.78, 5) is 20.2. The molecule has 1 aromatic heterocycles. The second-order valence-corrected chi connectivity index (χ2v) is 4.46. The van der Waals surface area contributed by atoms with Gasteiger partial charge in [-0.25, -0.2) is 9.79 Å². The van der Waals surface area contributed by atoms with Crippen LogP contribution in [-0.2, 0) is 9.53 Å². The third-order valence-corrected chi connectivity index (χ3v) is 2.86. The van der Waals surface area contributed by atoms with Crippen molar-refractivity contribution in [2.45, 2.75) is 6.92 Å². The summed E-state index contributed by atoms with van der Waals surface area (Å²) in [7, 11) is 0. The van der Waals surface area contributed by atoms with E-state index in [2.05, 4.69) is 9.98 Å². The van der Waals surface area contributed by atoms with Crippen molar-refractivity contribution >= 4 is 17.9 Å². The number of aromatic nitrogens is 1. The minimum atomic E-state index is -0.452. The zero-order valence-corrected chi connectivity index (χ0v) is 10.9. The summed E-state index contributed by atoms with van der Waals surface area (Å²) in [5, 5.41) is 0. The molecular weight excluding hydrogens is 252 g/mol. The summed E-state index contributed by atoms with van der Waals surface area (Å²) >= 11 is 0. The van der Waals surface area contributed by atoms with E-state index in [0.717, 1.165) is 11.1 Å². The maximum Gasteiger partial charge on any atom is 0.363 e. The molecule has 0 unspecified atom stereocenters. The van der Waals surface area contributed by atoms with Crippen LogP contribution in [0.2, 0.25) is 0 Å². The van der Waals surface area contributed by atoms with Gasteiger partial charge in [-0.05, 0) is 37.3 Å². The van der Waals surface area contributed by atoms with Crippen molar-refractivity contribution in [3.8, 4) is 0 Å². The Hall–Kier alpha value is -2.75. The lowest BCUT2D eigenvalue weighted by Gasteiger charge is -1.99. The van der Waals surface area contributed by atoms with Gasteiger partial charge in [-0.1, -0.05) is 23.8 Å². The van der Waals surface area contributed by atoms with Crippen molar-refractivity contribution in [2.75, 3.05) is 0 Å². The Morgan fingerprint density at radius 3 is 2.80 bits per heavy atom. The quantitative estimate of drug-likeness (QED) is 0.619. The van der Waals surface area contributed by atoms with E-state index in [4.69, 9.17) is 4.74 Å². The predicted molar refractivity (Wildman–Crippen MR) is 76.0 cm³/mol. The molecule has 0 fully saturated rings. The van der Waals surface area contributed by atoms with Crippen molar-refractivity contribution in [1.29, 1.82) is 0 Å². The van der Waals surface area contributed by atoms with E-state index in [-0.39, 0.29) is 5.70 Å². The van der Waals surface area contributed by atoms with Gasteiger partial charge in [0.25, 0.3) is 0 Å². The van der Waals surface area contributed by atoms with Crippen LogP contribution in [0.4, 0.5) is 0 Å². The van der Waals surface area contributed by atoms with E-state index < -0.39 is 5.97 Å². The third-order valence-electron chi connectivity index (χ3n) is 2.86. The lowest BCUT2D eigenvalue weighted by molar-refractivity contribution is -0.129. The first-order chi connectivity index (χ1) is 9.72. The molecule has 1 aliphatic heterocycles. The summed E-state index contributed by atoms with van der Waals surface area (Å²) in [6.07, 6.45) is 3.28. The lowest BCUT2D eigenvalue weighted by Crippen LogP contribution is -2.05. The predicted octanol–water partition coefficient (Wildman–Crippen LogP) is 2.73. The highest BCUT2D eigenvalue weighted by Crippen LogP contribution is 2.18. The molecule has 98 valence electrons. The second kappa shape index (κ2) is 5.09.